The fourth-order valence-electron chi connectivity index (χ4n) is 4.25. The van der Waals surface area contributed by atoms with E-state index in [1.54, 1.807) is 0 Å². The topological polar surface area (TPSA) is 87.1 Å². The maximum atomic E-state index is 9.55. The summed E-state index contributed by atoms with van der Waals surface area (Å²) in [7, 11) is 2.24. The average molecular weight is 424 g/mol. The summed E-state index contributed by atoms with van der Waals surface area (Å²) in [4.78, 5) is 21.6. The number of piperidine rings is 1. The van der Waals surface area contributed by atoms with Crippen molar-refractivity contribution in [3.05, 3.63) is 71.3 Å². The molecule has 2 aliphatic heterocycles. The summed E-state index contributed by atoms with van der Waals surface area (Å²) in [6.07, 6.45) is 2.32. The highest BCUT2D eigenvalue weighted by atomic mass is 16.5. The zero-order chi connectivity index (χ0) is 22.5. The number of rotatable bonds is 3. The van der Waals surface area contributed by atoms with E-state index in [4.69, 9.17) is 14.9 Å². The van der Waals surface area contributed by atoms with Gasteiger partial charge in [0.1, 0.15) is 11.5 Å². The SMILES string of the molecule is CC(C)c1ccc2c(c1)[C@H]1CN(C)CC[C@H]1c1ccccc1O2.O=C(O)/C=C\C(=O)O. The number of hydrogen-bond donors (Lipinski definition) is 2. The maximum Gasteiger partial charge on any atom is 0.328 e. The van der Waals surface area contributed by atoms with Crippen LogP contribution in [0.3, 0.4) is 0 Å². The highest BCUT2D eigenvalue weighted by Crippen LogP contribution is 2.49. The Morgan fingerprint density at radius 3 is 2.29 bits per heavy atom. The van der Waals surface area contributed by atoms with Gasteiger partial charge in [-0.3, -0.25) is 0 Å². The normalized spacial score (nSPS) is 19.9. The van der Waals surface area contributed by atoms with Gasteiger partial charge in [0.25, 0.3) is 0 Å². The second-order valence-electron chi connectivity index (χ2n) is 8.37. The van der Waals surface area contributed by atoms with Crippen LogP contribution in [0, 0.1) is 0 Å². The molecular formula is C25H29NO5. The Labute approximate surface area is 182 Å². The van der Waals surface area contributed by atoms with Crippen LogP contribution in [0.5, 0.6) is 11.5 Å². The number of benzene rings is 2. The van der Waals surface area contributed by atoms with Gasteiger partial charge in [0.2, 0.25) is 0 Å². The van der Waals surface area contributed by atoms with Crippen molar-refractivity contribution in [2.75, 3.05) is 20.1 Å². The van der Waals surface area contributed by atoms with Crippen molar-refractivity contribution < 1.29 is 24.5 Å². The molecule has 4 rings (SSSR count). The van der Waals surface area contributed by atoms with Gasteiger partial charge in [-0.25, -0.2) is 9.59 Å². The minimum atomic E-state index is -1.26. The van der Waals surface area contributed by atoms with Gasteiger partial charge in [-0.1, -0.05) is 44.2 Å². The van der Waals surface area contributed by atoms with Crippen LogP contribution in [0.15, 0.2) is 54.6 Å². The third kappa shape index (κ3) is 5.52. The van der Waals surface area contributed by atoms with E-state index in [1.807, 2.05) is 0 Å². The summed E-state index contributed by atoms with van der Waals surface area (Å²) < 4.78 is 6.35. The molecule has 2 aromatic rings. The Kier molecular flexibility index (Phi) is 7.13. The lowest BCUT2D eigenvalue weighted by molar-refractivity contribution is -0.134. The van der Waals surface area contributed by atoms with Crippen LogP contribution in [-0.2, 0) is 9.59 Å². The lowest BCUT2D eigenvalue weighted by Gasteiger charge is -2.36. The molecule has 0 radical (unpaired) electrons. The molecule has 0 spiro atoms. The number of para-hydroxylation sites is 1. The van der Waals surface area contributed by atoms with Crippen molar-refractivity contribution in [2.24, 2.45) is 0 Å². The van der Waals surface area contributed by atoms with Crippen molar-refractivity contribution in [1.82, 2.24) is 4.90 Å². The van der Waals surface area contributed by atoms with Crippen LogP contribution in [0.2, 0.25) is 0 Å². The summed E-state index contributed by atoms with van der Waals surface area (Å²) in [6, 6.07) is 15.4. The van der Waals surface area contributed by atoms with Crippen LogP contribution in [-0.4, -0.2) is 47.2 Å². The molecule has 0 aromatic heterocycles. The van der Waals surface area contributed by atoms with Crippen molar-refractivity contribution in [2.45, 2.75) is 38.0 Å². The molecule has 2 aliphatic rings. The highest BCUT2D eigenvalue weighted by molar-refractivity contribution is 5.89. The first-order valence-corrected chi connectivity index (χ1v) is 10.5. The number of ether oxygens (including phenoxy) is 1. The molecule has 164 valence electrons. The van der Waals surface area contributed by atoms with Gasteiger partial charge in [-0.05, 0) is 55.1 Å². The molecule has 2 N–H and O–H groups in total. The molecule has 0 aliphatic carbocycles. The maximum absolute atomic E-state index is 9.55. The van der Waals surface area contributed by atoms with Gasteiger partial charge in [-0.15, -0.1) is 0 Å². The van der Waals surface area contributed by atoms with Crippen LogP contribution < -0.4 is 4.74 Å². The van der Waals surface area contributed by atoms with Crippen molar-refractivity contribution in [1.29, 1.82) is 0 Å². The van der Waals surface area contributed by atoms with Crippen molar-refractivity contribution in [3.63, 3.8) is 0 Å². The second kappa shape index (κ2) is 9.79. The third-order valence-electron chi connectivity index (χ3n) is 5.82. The molecule has 2 heterocycles. The number of carboxylic acids is 2. The van der Waals surface area contributed by atoms with E-state index in [0.29, 0.717) is 29.9 Å². The lowest BCUT2D eigenvalue weighted by Crippen LogP contribution is -2.35. The number of likely N-dealkylation sites (tertiary alicyclic amines) is 1. The first kappa shape index (κ1) is 22.6. The number of carbonyl (C=O) groups is 2. The molecule has 6 heteroatoms. The van der Waals surface area contributed by atoms with Crippen molar-refractivity contribution in [3.8, 4) is 11.5 Å². The van der Waals surface area contributed by atoms with Gasteiger partial charge in [0.05, 0.1) is 0 Å². The number of carboxylic acid groups (broad SMARTS) is 2. The minimum Gasteiger partial charge on any atom is -0.478 e. The summed E-state index contributed by atoms with van der Waals surface area (Å²) in [5, 5.41) is 15.6. The summed E-state index contributed by atoms with van der Waals surface area (Å²) in [5.74, 6) is 1.20. The largest absolute Gasteiger partial charge is 0.478 e. The molecule has 0 saturated carbocycles. The van der Waals surface area contributed by atoms with E-state index in [1.165, 1.54) is 23.1 Å². The van der Waals surface area contributed by atoms with E-state index in [0.717, 1.165) is 24.6 Å². The monoisotopic (exact) mass is 423 g/mol. The Morgan fingerprint density at radius 1 is 1.00 bits per heavy atom. The van der Waals surface area contributed by atoms with Crippen LogP contribution in [0.25, 0.3) is 0 Å². The number of hydrogen-bond acceptors (Lipinski definition) is 4. The first-order chi connectivity index (χ1) is 14.8. The lowest BCUT2D eigenvalue weighted by atomic mass is 9.76. The smallest absolute Gasteiger partial charge is 0.328 e. The van der Waals surface area contributed by atoms with E-state index in [2.05, 4.69) is 68.3 Å². The van der Waals surface area contributed by atoms with E-state index < -0.39 is 11.9 Å². The molecule has 0 bridgehead atoms. The van der Waals surface area contributed by atoms with Gasteiger partial charge >= 0.3 is 11.9 Å². The second-order valence-corrected chi connectivity index (χ2v) is 8.37. The molecular weight excluding hydrogens is 394 g/mol. The van der Waals surface area contributed by atoms with Crippen molar-refractivity contribution >= 4 is 11.9 Å². The van der Waals surface area contributed by atoms with Gasteiger partial charge in [-0.2, -0.15) is 0 Å². The summed E-state index contributed by atoms with van der Waals surface area (Å²) >= 11 is 0. The molecule has 6 nitrogen and oxygen atoms in total. The third-order valence-corrected chi connectivity index (χ3v) is 5.82. The average Bonchev–Trinajstić information content (AvgIpc) is 2.86. The number of nitrogens with zero attached hydrogens (tertiary/aromatic N) is 1. The highest BCUT2D eigenvalue weighted by Gasteiger charge is 2.36. The van der Waals surface area contributed by atoms with Gasteiger partial charge in [0, 0.05) is 30.2 Å². The van der Waals surface area contributed by atoms with Gasteiger partial charge in [0.15, 0.2) is 0 Å². The molecule has 31 heavy (non-hydrogen) atoms. The molecule has 2 aromatic carbocycles. The predicted octanol–water partition coefficient (Wildman–Crippen LogP) is 4.83. The summed E-state index contributed by atoms with van der Waals surface area (Å²) in [6.45, 7) is 6.79. The first-order valence-electron chi connectivity index (χ1n) is 10.5. The molecule has 2 atom stereocenters. The molecule has 1 fully saturated rings. The molecule has 0 amide bonds. The van der Waals surface area contributed by atoms with Crippen LogP contribution >= 0.6 is 0 Å². The zero-order valence-electron chi connectivity index (χ0n) is 18.1. The Bertz CT molecular complexity index is 966. The van der Waals surface area contributed by atoms with Gasteiger partial charge < -0.3 is 19.8 Å². The zero-order valence-corrected chi connectivity index (χ0v) is 18.1. The Morgan fingerprint density at radius 2 is 1.65 bits per heavy atom. The van der Waals surface area contributed by atoms with Crippen LogP contribution in [0.4, 0.5) is 0 Å². The fraction of sp³-hybridized carbons (Fsp3) is 0.360. The quantitative estimate of drug-likeness (QED) is 0.688. The van der Waals surface area contributed by atoms with E-state index in [-0.39, 0.29) is 0 Å². The number of likely N-dealkylation sites (N-methyl/N-ethyl adjacent to an activating group) is 1. The minimum absolute atomic E-state index is 0.520. The predicted molar refractivity (Wildman–Crippen MR) is 119 cm³/mol. The Balaban J connectivity index is 0.000000293. The van der Waals surface area contributed by atoms with Crippen LogP contribution in [0.1, 0.15) is 54.7 Å². The molecule has 0 unspecified atom stereocenters. The van der Waals surface area contributed by atoms with E-state index in [9.17, 15) is 9.59 Å². The fourth-order valence-corrected chi connectivity index (χ4v) is 4.25. The van der Waals surface area contributed by atoms with E-state index >= 15 is 0 Å². The summed E-state index contributed by atoms with van der Waals surface area (Å²) in [5.41, 5.74) is 4.18. The number of aliphatic carboxylic acids is 2. The Hall–Kier alpha value is -3.12. The number of fused-ring (bicyclic) bond motifs is 5. The molecule has 1 saturated heterocycles. The standard InChI is InChI=1S/C21H25NO.C4H4O4/c1-14(2)15-8-9-21-18(12-15)19-13-22(3)11-10-16(19)17-6-4-5-7-20(17)23-21;5-3(6)1-2-4(7)8/h4-9,12,14,16,19H,10-11,13H2,1-3H3;1-2H,(H,5,6)(H,7,8)/b;2-1-/t16-,19-;/m0./s1.